The maximum atomic E-state index is 9.50. The first-order valence-corrected chi connectivity index (χ1v) is 6.88. The summed E-state index contributed by atoms with van der Waals surface area (Å²) in [6.45, 7) is 10.7. The van der Waals surface area contributed by atoms with Gasteiger partial charge in [0.1, 0.15) is 0 Å². The number of hydrogen-bond acceptors (Lipinski definition) is 3. The number of rotatable bonds is 3. The summed E-state index contributed by atoms with van der Waals surface area (Å²) in [7, 11) is 0. The fourth-order valence-electron chi connectivity index (χ4n) is 3.93. The number of aliphatic hydroxyl groups excluding tert-OH is 2. The molecule has 2 N–H and O–H groups in total. The molecule has 0 radical (unpaired) electrons. The van der Waals surface area contributed by atoms with Gasteiger partial charge in [0.2, 0.25) is 0 Å². The lowest BCUT2D eigenvalue weighted by Crippen LogP contribution is -2.33. The Kier molecular flexibility index (Phi) is 3.81. The highest BCUT2D eigenvalue weighted by Crippen LogP contribution is 2.45. The zero-order chi connectivity index (χ0) is 12.6. The Balaban J connectivity index is 1.95. The van der Waals surface area contributed by atoms with E-state index in [-0.39, 0.29) is 13.2 Å². The van der Waals surface area contributed by atoms with Crippen molar-refractivity contribution in [3.05, 3.63) is 0 Å². The van der Waals surface area contributed by atoms with Crippen molar-refractivity contribution in [1.82, 2.24) is 4.90 Å². The van der Waals surface area contributed by atoms with Crippen molar-refractivity contribution < 1.29 is 10.2 Å². The third-order valence-electron chi connectivity index (χ3n) is 4.47. The first-order valence-electron chi connectivity index (χ1n) is 6.88. The van der Waals surface area contributed by atoms with E-state index in [1.807, 2.05) is 0 Å². The minimum atomic E-state index is 0.246. The van der Waals surface area contributed by atoms with E-state index in [9.17, 15) is 10.2 Å². The van der Waals surface area contributed by atoms with Crippen LogP contribution < -0.4 is 0 Å². The Labute approximate surface area is 105 Å². The van der Waals surface area contributed by atoms with Gasteiger partial charge in [-0.05, 0) is 35.5 Å². The van der Waals surface area contributed by atoms with Gasteiger partial charge in [0.15, 0.2) is 0 Å². The minimum absolute atomic E-state index is 0.246. The summed E-state index contributed by atoms with van der Waals surface area (Å²) in [5.74, 6) is 1.98. The van der Waals surface area contributed by atoms with Crippen molar-refractivity contribution in [1.29, 1.82) is 0 Å². The first-order chi connectivity index (χ1) is 7.94. The van der Waals surface area contributed by atoms with Crippen LogP contribution in [0.5, 0.6) is 0 Å². The second kappa shape index (κ2) is 4.87. The quantitative estimate of drug-likeness (QED) is 0.780. The van der Waals surface area contributed by atoms with Gasteiger partial charge in [-0.15, -0.1) is 0 Å². The summed E-state index contributed by atoms with van der Waals surface area (Å²) in [5, 5.41) is 18.9. The molecule has 0 aromatic heterocycles. The normalized spacial score (nSPS) is 38.6. The average Bonchev–Trinajstić information content (AvgIpc) is 2.70. The second-order valence-corrected chi connectivity index (χ2v) is 7.20. The van der Waals surface area contributed by atoms with Gasteiger partial charge in [-0.3, -0.25) is 0 Å². The maximum Gasteiger partial charge on any atom is 0.0466 e. The summed E-state index contributed by atoms with van der Waals surface area (Å²) in [6.07, 6.45) is 1.10. The van der Waals surface area contributed by atoms with Gasteiger partial charge >= 0.3 is 0 Å². The van der Waals surface area contributed by atoms with E-state index < -0.39 is 0 Å². The van der Waals surface area contributed by atoms with Crippen LogP contribution >= 0.6 is 0 Å². The third kappa shape index (κ3) is 2.83. The molecule has 0 amide bonds. The van der Waals surface area contributed by atoms with Crippen LogP contribution in [-0.2, 0) is 0 Å². The Hall–Kier alpha value is -0.120. The van der Waals surface area contributed by atoms with Crippen LogP contribution in [0.4, 0.5) is 0 Å². The molecular formula is C14H27NO2. The Morgan fingerprint density at radius 2 is 1.82 bits per heavy atom. The van der Waals surface area contributed by atoms with Gasteiger partial charge < -0.3 is 15.1 Å². The van der Waals surface area contributed by atoms with E-state index in [4.69, 9.17) is 0 Å². The minimum Gasteiger partial charge on any atom is -0.396 e. The number of likely N-dealkylation sites (tertiary alicyclic amines) is 1. The largest absolute Gasteiger partial charge is 0.396 e. The lowest BCUT2D eigenvalue weighted by Gasteiger charge is -2.28. The molecule has 4 atom stereocenters. The fourth-order valence-corrected chi connectivity index (χ4v) is 3.93. The predicted molar refractivity (Wildman–Crippen MR) is 68.6 cm³/mol. The number of hydrogen-bond donors (Lipinski definition) is 2. The van der Waals surface area contributed by atoms with Crippen LogP contribution in [0.15, 0.2) is 0 Å². The van der Waals surface area contributed by atoms with Crippen molar-refractivity contribution in [3.8, 4) is 0 Å². The summed E-state index contributed by atoms with van der Waals surface area (Å²) >= 11 is 0. The molecule has 2 aliphatic rings. The molecule has 0 aromatic carbocycles. The van der Waals surface area contributed by atoms with E-state index in [1.165, 1.54) is 0 Å². The second-order valence-electron chi connectivity index (χ2n) is 7.20. The third-order valence-corrected chi connectivity index (χ3v) is 4.47. The molecule has 0 aromatic rings. The highest BCUT2D eigenvalue weighted by atomic mass is 16.3. The van der Waals surface area contributed by atoms with Crippen LogP contribution in [0, 0.1) is 29.1 Å². The van der Waals surface area contributed by atoms with E-state index in [2.05, 4.69) is 25.7 Å². The fraction of sp³-hybridized carbons (Fsp3) is 1.00. The SMILES string of the molecule is CC(C)(C)CN1C[C@@H]2C[C@H](CO)[C@H](CO)[C@@H]2C1. The molecule has 3 nitrogen and oxygen atoms in total. The zero-order valence-electron chi connectivity index (χ0n) is 11.4. The summed E-state index contributed by atoms with van der Waals surface area (Å²) in [5.41, 5.74) is 0.351. The topological polar surface area (TPSA) is 43.7 Å². The van der Waals surface area contributed by atoms with Crippen molar-refractivity contribution in [2.75, 3.05) is 32.8 Å². The summed E-state index contributed by atoms with van der Waals surface area (Å²) in [6, 6.07) is 0. The first kappa shape index (κ1) is 13.3. The Bertz CT molecular complexity index is 261. The molecule has 1 aliphatic heterocycles. The number of aliphatic hydroxyl groups is 2. The number of nitrogens with zero attached hydrogens (tertiary/aromatic N) is 1. The zero-order valence-corrected chi connectivity index (χ0v) is 11.4. The smallest absolute Gasteiger partial charge is 0.0466 e. The Morgan fingerprint density at radius 3 is 2.35 bits per heavy atom. The molecule has 17 heavy (non-hydrogen) atoms. The van der Waals surface area contributed by atoms with E-state index in [0.717, 1.165) is 26.1 Å². The molecule has 100 valence electrons. The standard InChI is InChI=1S/C14H27NO2/c1-14(2,3)9-15-5-10-4-11(7-16)13(8-17)12(10)6-15/h10-13,16-17H,4-9H2,1-3H3/t10-,11+,12+,13-/m0/s1. The molecule has 1 saturated carbocycles. The number of fused-ring (bicyclic) bond motifs is 1. The van der Waals surface area contributed by atoms with Gasteiger partial charge in [0, 0.05) is 32.8 Å². The summed E-state index contributed by atoms with van der Waals surface area (Å²) < 4.78 is 0. The molecule has 3 heteroatoms. The van der Waals surface area contributed by atoms with Crippen molar-refractivity contribution >= 4 is 0 Å². The van der Waals surface area contributed by atoms with Gasteiger partial charge in [-0.2, -0.15) is 0 Å². The van der Waals surface area contributed by atoms with Gasteiger partial charge in [-0.25, -0.2) is 0 Å². The maximum absolute atomic E-state index is 9.50. The average molecular weight is 241 g/mol. The molecule has 0 spiro atoms. The van der Waals surface area contributed by atoms with E-state index in [0.29, 0.717) is 29.1 Å². The van der Waals surface area contributed by atoms with Gasteiger partial charge in [-0.1, -0.05) is 20.8 Å². The van der Waals surface area contributed by atoms with Crippen LogP contribution in [0.2, 0.25) is 0 Å². The van der Waals surface area contributed by atoms with Crippen LogP contribution in [0.1, 0.15) is 27.2 Å². The molecule has 1 saturated heterocycles. The summed E-state index contributed by atoms with van der Waals surface area (Å²) in [4.78, 5) is 2.55. The van der Waals surface area contributed by atoms with E-state index >= 15 is 0 Å². The van der Waals surface area contributed by atoms with Crippen LogP contribution in [-0.4, -0.2) is 48.0 Å². The van der Waals surface area contributed by atoms with Crippen molar-refractivity contribution in [2.24, 2.45) is 29.1 Å². The molecule has 2 fully saturated rings. The van der Waals surface area contributed by atoms with E-state index in [1.54, 1.807) is 0 Å². The lowest BCUT2D eigenvalue weighted by molar-refractivity contribution is 0.107. The Morgan fingerprint density at radius 1 is 1.12 bits per heavy atom. The molecule has 1 heterocycles. The molecule has 2 rings (SSSR count). The van der Waals surface area contributed by atoms with Gasteiger partial charge in [0.25, 0.3) is 0 Å². The monoisotopic (exact) mass is 241 g/mol. The highest BCUT2D eigenvalue weighted by molar-refractivity contribution is 4.97. The van der Waals surface area contributed by atoms with Crippen molar-refractivity contribution in [2.45, 2.75) is 27.2 Å². The molecular weight excluding hydrogens is 214 g/mol. The molecule has 0 unspecified atom stereocenters. The molecule has 1 aliphatic carbocycles. The molecule has 0 bridgehead atoms. The van der Waals surface area contributed by atoms with Crippen molar-refractivity contribution in [3.63, 3.8) is 0 Å². The highest BCUT2D eigenvalue weighted by Gasteiger charge is 2.47. The lowest BCUT2D eigenvalue weighted by atomic mass is 9.89. The predicted octanol–water partition coefficient (Wildman–Crippen LogP) is 1.20. The van der Waals surface area contributed by atoms with Crippen LogP contribution in [0.25, 0.3) is 0 Å². The van der Waals surface area contributed by atoms with Gasteiger partial charge in [0.05, 0.1) is 0 Å². The van der Waals surface area contributed by atoms with Crippen LogP contribution in [0.3, 0.4) is 0 Å².